The van der Waals surface area contributed by atoms with E-state index in [4.69, 9.17) is 5.73 Å². The van der Waals surface area contributed by atoms with Crippen LogP contribution in [0.2, 0.25) is 0 Å². The number of benzene rings is 1. The largest absolute Gasteiger partial charge is 0.370 e. The number of nitrogens with two attached hydrogens (primary N) is 2. The van der Waals surface area contributed by atoms with Crippen molar-refractivity contribution in [2.24, 2.45) is 11.5 Å². The van der Waals surface area contributed by atoms with Gasteiger partial charge in [-0.1, -0.05) is 44.2 Å². The van der Waals surface area contributed by atoms with Gasteiger partial charge >= 0.3 is 0 Å². The molecule has 0 aliphatic carbocycles. The third kappa shape index (κ3) is 13.9. The Balaban J connectivity index is 0. The van der Waals surface area contributed by atoms with Crippen molar-refractivity contribution < 1.29 is 14.4 Å². The monoisotopic (exact) mass is 295 g/mol. The van der Waals surface area contributed by atoms with Gasteiger partial charge in [0.25, 0.3) is 0 Å². The number of primary amides is 2. The van der Waals surface area contributed by atoms with E-state index in [0.29, 0.717) is 6.42 Å². The summed E-state index contributed by atoms with van der Waals surface area (Å²) in [6, 6.07) is 8.78. The van der Waals surface area contributed by atoms with Gasteiger partial charge < -0.3 is 16.8 Å². The molecule has 0 saturated heterocycles. The molecule has 0 fully saturated rings. The predicted molar refractivity (Wildman–Crippen MR) is 83.2 cm³/mol. The molecule has 0 saturated carbocycles. The van der Waals surface area contributed by atoms with E-state index in [9.17, 15) is 14.4 Å². The van der Waals surface area contributed by atoms with Crippen LogP contribution in [0.5, 0.6) is 0 Å². The molecule has 0 heterocycles. The van der Waals surface area contributed by atoms with Gasteiger partial charge in [0.2, 0.25) is 17.7 Å². The maximum absolute atomic E-state index is 11.0. The lowest BCUT2D eigenvalue weighted by molar-refractivity contribution is -0.126. The van der Waals surface area contributed by atoms with Gasteiger partial charge in [0.05, 0.1) is 0 Å². The zero-order valence-corrected chi connectivity index (χ0v) is 13.1. The molecule has 6 nitrogen and oxygen atoms in total. The minimum atomic E-state index is -0.634. The first kappa shape index (κ1) is 20.9. The zero-order valence-electron chi connectivity index (χ0n) is 13.1. The molecule has 0 aromatic heterocycles. The minimum absolute atomic E-state index is 0.255. The van der Waals surface area contributed by atoms with Crippen molar-refractivity contribution in [1.82, 2.24) is 5.32 Å². The minimum Gasteiger partial charge on any atom is -0.370 e. The zero-order chi connectivity index (χ0) is 16.8. The average molecular weight is 295 g/mol. The fraction of sp³-hybridized carbons (Fsp3) is 0.400. The van der Waals surface area contributed by atoms with E-state index in [1.54, 1.807) is 0 Å². The second-order valence-corrected chi connectivity index (χ2v) is 3.96. The van der Waals surface area contributed by atoms with Gasteiger partial charge in [-0.15, -0.1) is 0 Å². The Bertz CT molecular complexity index is 429. The number of hydrogen-bond acceptors (Lipinski definition) is 3. The second kappa shape index (κ2) is 12.7. The topological polar surface area (TPSA) is 115 Å². The number of carbonyl (C=O) groups excluding carboxylic acids is 3. The van der Waals surface area contributed by atoms with Crippen LogP contribution < -0.4 is 16.8 Å². The second-order valence-electron chi connectivity index (χ2n) is 3.96. The van der Waals surface area contributed by atoms with Gasteiger partial charge in [-0.3, -0.25) is 14.4 Å². The first-order chi connectivity index (χ1) is 9.82. The standard InChI is InChI=1S/C11H14N2O2.C2H5NO.C2H6/c1-8(14)13-10(11(12)15)7-9-5-3-2-4-6-9;1-2(3)4;1-2/h2-6,10H,7H2,1H3,(H2,12,15)(H,13,14);1H3,(H2,3,4);1-2H3. The molecule has 0 bridgehead atoms. The van der Waals surface area contributed by atoms with Gasteiger partial charge in [-0.05, 0) is 5.56 Å². The molecule has 1 atom stereocenters. The molecule has 1 aromatic carbocycles. The summed E-state index contributed by atoms with van der Waals surface area (Å²) in [6.45, 7) is 6.67. The highest BCUT2D eigenvalue weighted by molar-refractivity contribution is 5.85. The van der Waals surface area contributed by atoms with Crippen molar-refractivity contribution in [2.45, 2.75) is 40.2 Å². The molecule has 1 rings (SSSR count). The number of hydrogen-bond donors (Lipinski definition) is 3. The van der Waals surface area contributed by atoms with E-state index in [-0.39, 0.29) is 11.8 Å². The number of nitrogens with one attached hydrogen (secondary N) is 1. The molecule has 118 valence electrons. The van der Waals surface area contributed by atoms with Crippen LogP contribution in [0.1, 0.15) is 33.3 Å². The van der Waals surface area contributed by atoms with E-state index in [2.05, 4.69) is 11.1 Å². The average Bonchev–Trinajstić information content (AvgIpc) is 2.40. The van der Waals surface area contributed by atoms with Gasteiger partial charge in [0.1, 0.15) is 6.04 Å². The highest BCUT2D eigenvalue weighted by atomic mass is 16.2. The Labute approximate surface area is 125 Å². The third-order valence-corrected chi connectivity index (χ3v) is 2.00. The Morgan fingerprint density at radius 2 is 1.48 bits per heavy atom. The van der Waals surface area contributed by atoms with Crippen molar-refractivity contribution in [3.8, 4) is 0 Å². The molecule has 0 spiro atoms. The van der Waals surface area contributed by atoms with E-state index in [1.165, 1.54) is 13.8 Å². The molecule has 1 unspecified atom stereocenters. The SMILES string of the molecule is CC.CC(=O)NC(Cc1ccccc1)C(N)=O.CC(N)=O. The molecular weight excluding hydrogens is 270 g/mol. The van der Waals surface area contributed by atoms with Crippen LogP contribution in [-0.2, 0) is 20.8 Å². The summed E-state index contributed by atoms with van der Waals surface area (Å²) in [5, 5.41) is 2.51. The molecule has 0 radical (unpaired) electrons. The maximum Gasteiger partial charge on any atom is 0.240 e. The highest BCUT2D eigenvalue weighted by Crippen LogP contribution is 2.02. The van der Waals surface area contributed by atoms with Gasteiger partial charge in [0.15, 0.2) is 0 Å². The van der Waals surface area contributed by atoms with Crippen LogP contribution in [0.3, 0.4) is 0 Å². The lowest BCUT2D eigenvalue weighted by Crippen LogP contribution is -2.44. The van der Waals surface area contributed by atoms with Crippen LogP contribution in [0, 0.1) is 0 Å². The molecular formula is C15H25N3O3. The van der Waals surface area contributed by atoms with Gasteiger partial charge in [0, 0.05) is 20.3 Å². The van der Waals surface area contributed by atoms with Crippen LogP contribution in [-0.4, -0.2) is 23.8 Å². The summed E-state index contributed by atoms with van der Waals surface area (Å²) in [4.78, 5) is 31.1. The van der Waals surface area contributed by atoms with Crippen molar-refractivity contribution in [3.05, 3.63) is 35.9 Å². The quantitative estimate of drug-likeness (QED) is 0.760. The lowest BCUT2D eigenvalue weighted by Gasteiger charge is -2.13. The first-order valence-electron chi connectivity index (χ1n) is 6.69. The molecule has 0 aliphatic heterocycles. The number of carbonyl (C=O) groups is 3. The first-order valence-corrected chi connectivity index (χ1v) is 6.69. The Morgan fingerprint density at radius 1 is 1.05 bits per heavy atom. The fourth-order valence-corrected chi connectivity index (χ4v) is 1.32. The Hall–Kier alpha value is -2.37. The maximum atomic E-state index is 11.0. The van der Waals surface area contributed by atoms with E-state index in [0.717, 1.165) is 5.56 Å². The summed E-state index contributed by atoms with van der Waals surface area (Å²) in [6.07, 6.45) is 0.426. The lowest BCUT2D eigenvalue weighted by atomic mass is 10.1. The number of amides is 3. The predicted octanol–water partition coefficient (Wildman–Crippen LogP) is 0.737. The molecule has 0 aliphatic rings. The van der Waals surface area contributed by atoms with Crippen molar-refractivity contribution in [3.63, 3.8) is 0 Å². The third-order valence-electron chi connectivity index (χ3n) is 2.00. The van der Waals surface area contributed by atoms with E-state index in [1.807, 2.05) is 44.2 Å². The summed E-state index contributed by atoms with van der Waals surface area (Å²) >= 11 is 0. The Kier molecular flexibility index (Phi) is 12.6. The Morgan fingerprint density at radius 3 is 1.81 bits per heavy atom. The van der Waals surface area contributed by atoms with Crippen molar-refractivity contribution >= 4 is 17.7 Å². The van der Waals surface area contributed by atoms with E-state index < -0.39 is 11.9 Å². The highest BCUT2D eigenvalue weighted by Gasteiger charge is 2.16. The van der Waals surface area contributed by atoms with E-state index >= 15 is 0 Å². The van der Waals surface area contributed by atoms with Crippen molar-refractivity contribution in [1.29, 1.82) is 0 Å². The van der Waals surface area contributed by atoms with Crippen molar-refractivity contribution in [2.75, 3.05) is 0 Å². The van der Waals surface area contributed by atoms with Gasteiger partial charge in [-0.2, -0.15) is 0 Å². The smallest absolute Gasteiger partial charge is 0.240 e. The van der Waals surface area contributed by atoms with Crippen LogP contribution in [0.15, 0.2) is 30.3 Å². The molecule has 5 N–H and O–H groups in total. The molecule has 1 aromatic rings. The van der Waals surface area contributed by atoms with Gasteiger partial charge in [-0.25, -0.2) is 0 Å². The number of rotatable bonds is 4. The summed E-state index contributed by atoms with van der Waals surface area (Å²) < 4.78 is 0. The van der Waals surface area contributed by atoms with Crippen LogP contribution >= 0.6 is 0 Å². The molecule has 3 amide bonds. The van der Waals surface area contributed by atoms with Crippen LogP contribution in [0.4, 0.5) is 0 Å². The summed E-state index contributed by atoms with van der Waals surface area (Å²) in [7, 11) is 0. The molecule has 21 heavy (non-hydrogen) atoms. The fourth-order valence-electron chi connectivity index (χ4n) is 1.32. The summed E-state index contributed by atoms with van der Waals surface area (Å²) in [5.41, 5.74) is 10.6. The normalized spacial score (nSPS) is 9.90. The molecule has 6 heteroatoms. The summed E-state index contributed by atoms with van der Waals surface area (Å²) in [5.74, 6) is -1.11. The van der Waals surface area contributed by atoms with Crippen LogP contribution in [0.25, 0.3) is 0 Å².